The number of hydrogen-bond donors (Lipinski definition) is 1. The highest BCUT2D eigenvalue weighted by molar-refractivity contribution is 7.10. The normalized spacial score (nSPS) is 10.4. The molecule has 2 heterocycles. The smallest absolute Gasteiger partial charge is 0.239 e. The van der Waals surface area contributed by atoms with E-state index in [-0.39, 0.29) is 12.5 Å². The van der Waals surface area contributed by atoms with Crippen molar-refractivity contribution in [2.45, 2.75) is 13.5 Å². The molecule has 108 valence electrons. The lowest BCUT2D eigenvalue weighted by molar-refractivity contribution is -0.117. The molecule has 6 heteroatoms. The van der Waals surface area contributed by atoms with Crippen LogP contribution in [0.3, 0.4) is 0 Å². The molecule has 0 radical (unpaired) electrons. The summed E-state index contributed by atoms with van der Waals surface area (Å²) in [6.45, 7) is 2.79. The number of amides is 1. The molecule has 0 saturated carbocycles. The molecule has 0 aliphatic heterocycles. The van der Waals surface area contributed by atoms with Crippen molar-refractivity contribution >= 4 is 23.1 Å². The maximum absolute atomic E-state index is 11.9. The van der Waals surface area contributed by atoms with Crippen LogP contribution < -0.4 is 5.32 Å². The number of carbonyl (C=O) groups is 1. The predicted octanol–water partition coefficient (Wildman–Crippen LogP) is 2.39. The molecule has 1 N–H and O–H groups in total. The Morgan fingerprint density at radius 1 is 1.52 bits per heavy atom. The third-order valence-electron chi connectivity index (χ3n) is 2.78. The average Bonchev–Trinajstić information content (AvgIpc) is 2.85. The van der Waals surface area contributed by atoms with Crippen LogP contribution in [0.4, 0.5) is 5.82 Å². The lowest BCUT2D eigenvalue weighted by Crippen LogP contribution is -2.29. The van der Waals surface area contributed by atoms with E-state index in [4.69, 9.17) is 5.26 Å². The zero-order valence-electron chi connectivity index (χ0n) is 12.0. The molecule has 2 rings (SSSR count). The van der Waals surface area contributed by atoms with Gasteiger partial charge in [0, 0.05) is 22.5 Å². The van der Waals surface area contributed by atoms with Gasteiger partial charge in [-0.25, -0.2) is 4.98 Å². The van der Waals surface area contributed by atoms with E-state index in [9.17, 15) is 4.79 Å². The fourth-order valence-electron chi connectivity index (χ4n) is 1.88. The molecule has 2 aromatic rings. The minimum atomic E-state index is -0.104. The number of nitriles is 1. The van der Waals surface area contributed by atoms with Gasteiger partial charge in [0.15, 0.2) is 0 Å². The molecule has 0 fully saturated rings. The van der Waals surface area contributed by atoms with Crippen molar-refractivity contribution < 1.29 is 4.79 Å². The van der Waals surface area contributed by atoms with Crippen molar-refractivity contribution in [2.75, 3.05) is 18.9 Å². The van der Waals surface area contributed by atoms with Crippen LogP contribution in [0.5, 0.6) is 0 Å². The highest BCUT2D eigenvalue weighted by atomic mass is 32.1. The first-order valence-corrected chi connectivity index (χ1v) is 7.34. The molecule has 21 heavy (non-hydrogen) atoms. The van der Waals surface area contributed by atoms with Crippen molar-refractivity contribution in [3.8, 4) is 6.07 Å². The summed E-state index contributed by atoms with van der Waals surface area (Å²) in [5, 5.41) is 13.4. The van der Waals surface area contributed by atoms with Crippen LogP contribution >= 0.6 is 11.3 Å². The highest BCUT2D eigenvalue weighted by Crippen LogP contribution is 2.15. The molecule has 2 aromatic heterocycles. The summed E-state index contributed by atoms with van der Waals surface area (Å²) in [5.41, 5.74) is 1.53. The second-order valence-electron chi connectivity index (χ2n) is 4.80. The molecule has 0 bridgehead atoms. The minimum absolute atomic E-state index is 0.104. The summed E-state index contributed by atoms with van der Waals surface area (Å²) in [5.74, 6) is 0.462. The van der Waals surface area contributed by atoms with Gasteiger partial charge in [-0.05, 0) is 32.2 Å². The topological polar surface area (TPSA) is 69.0 Å². The molecule has 0 aromatic carbocycles. The number of thiophene rings is 1. The third-order valence-corrected chi connectivity index (χ3v) is 3.70. The van der Waals surface area contributed by atoms with Crippen molar-refractivity contribution in [3.05, 3.63) is 45.8 Å². The molecule has 0 atom stereocenters. The molecule has 1 amide bonds. The van der Waals surface area contributed by atoms with Crippen LogP contribution in [0.2, 0.25) is 0 Å². The van der Waals surface area contributed by atoms with Gasteiger partial charge >= 0.3 is 0 Å². The van der Waals surface area contributed by atoms with Crippen molar-refractivity contribution in [1.82, 2.24) is 9.88 Å². The second-order valence-corrected chi connectivity index (χ2v) is 5.79. The number of pyridine rings is 1. The van der Waals surface area contributed by atoms with Crippen LogP contribution in [-0.2, 0) is 11.3 Å². The van der Waals surface area contributed by atoms with E-state index in [0.29, 0.717) is 17.9 Å². The Morgan fingerprint density at radius 3 is 3.00 bits per heavy atom. The van der Waals surface area contributed by atoms with E-state index >= 15 is 0 Å². The largest absolute Gasteiger partial charge is 0.310 e. The standard InChI is InChI=1S/C15H16N4OS/c1-11-4-3-5-14(17-11)18-15(20)9-19(2)8-13-6-12(7-16)10-21-13/h3-6,10H,8-9H2,1-2H3,(H,17,18,20). The van der Waals surface area contributed by atoms with Gasteiger partial charge in [-0.1, -0.05) is 6.07 Å². The summed E-state index contributed by atoms with van der Waals surface area (Å²) in [4.78, 5) is 19.1. The number of rotatable bonds is 5. The van der Waals surface area contributed by atoms with E-state index in [0.717, 1.165) is 10.6 Å². The Hall–Kier alpha value is -2.23. The average molecular weight is 300 g/mol. The third kappa shape index (κ3) is 4.67. The summed E-state index contributed by atoms with van der Waals surface area (Å²) in [6, 6.07) is 9.46. The van der Waals surface area contributed by atoms with E-state index in [1.165, 1.54) is 11.3 Å². The number of nitrogens with one attached hydrogen (secondary N) is 1. The summed E-state index contributed by atoms with van der Waals surface area (Å²) in [6.07, 6.45) is 0. The van der Waals surface area contributed by atoms with Gasteiger partial charge in [0.05, 0.1) is 12.1 Å². The monoisotopic (exact) mass is 300 g/mol. The maximum atomic E-state index is 11.9. The number of nitrogens with zero attached hydrogens (tertiary/aromatic N) is 3. The molecule has 0 aliphatic rings. The first-order valence-electron chi connectivity index (χ1n) is 6.46. The zero-order valence-corrected chi connectivity index (χ0v) is 12.8. The van der Waals surface area contributed by atoms with Crippen LogP contribution in [0.1, 0.15) is 16.1 Å². The van der Waals surface area contributed by atoms with E-state index in [1.54, 1.807) is 6.07 Å². The molecular formula is C15H16N4OS. The predicted molar refractivity (Wildman–Crippen MR) is 83.0 cm³/mol. The molecular weight excluding hydrogens is 284 g/mol. The quantitative estimate of drug-likeness (QED) is 0.920. The van der Waals surface area contributed by atoms with E-state index < -0.39 is 0 Å². The molecule has 0 saturated heterocycles. The van der Waals surface area contributed by atoms with Crippen LogP contribution in [0.15, 0.2) is 29.6 Å². The lowest BCUT2D eigenvalue weighted by atomic mass is 10.3. The molecule has 5 nitrogen and oxygen atoms in total. The zero-order chi connectivity index (χ0) is 15.2. The van der Waals surface area contributed by atoms with Gasteiger partial charge < -0.3 is 5.32 Å². The molecule has 0 unspecified atom stereocenters. The Balaban J connectivity index is 1.86. The first-order chi connectivity index (χ1) is 10.1. The molecule has 0 aliphatic carbocycles. The number of hydrogen-bond acceptors (Lipinski definition) is 5. The van der Waals surface area contributed by atoms with E-state index in [1.807, 2.05) is 42.5 Å². The second kappa shape index (κ2) is 6.97. The number of carbonyl (C=O) groups excluding carboxylic acids is 1. The highest BCUT2D eigenvalue weighted by Gasteiger charge is 2.09. The van der Waals surface area contributed by atoms with Gasteiger partial charge in [-0.3, -0.25) is 9.69 Å². The van der Waals surface area contributed by atoms with Gasteiger partial charge in [0.25, 0.3) is 0 Å². The van der Waals surface area contributed by atoms with Crippen LogP contribution in [0.25, 0.3) is 0 Å². The van der Waals surface area contributed by atoms with Gasteiger partial charge in [-0.15, -0.1) is 11.3 Å². The Bertz CT molecular complexity index is 674. The Kier molecular flexibility index (Phi) is 5.04. The SMILES string of the molecule is Cc1cccc(NC(=O)CN(C)Cc2cc(C#N)cs2)n1. The van der Waals surface area contributed by atoms with Crippen molar-refractivity contribution in [1.29, 1.82) is 5.26 Å². The maximum Gasteiger partial charge on any atom is 0.239 e. The Labute approximate surface area is 127 Å². The fraction of sp³-hybridized carbons (Fsp3) is 0.267. The number of likely N-dealkylation sites (N-methyl/N-ethyl adjacent to an activating group) is 1. The van der Waals surface area contributed by atoms with Crippen molar-refractivity contribution in [2.24, 2.45) is 0 Å². The van der Waals surface area contributed by atoms with Crippen molar-refractivity contribution in [3.63, 3.8) is 0 Å². The Morgan fingerprint density at radius 2 is 2.33 bits per heavy atom. The summed E-state index contributed by atoms with van der Waals surface area (Å²) in [7, 11) is 1.87. The number of anilines is 1. The fourth-order valence-corrected chi connectivity index (χ4v) is 2.77. The van der Waals surface area contributed by atoms with Gasteiger partial charge in [0.1, 0.15) is 11.9 Å². The number of aromatic nitrogens is 1. The summed E-state index contributed by atoms with van der Waals surface area (Å²) >= 11 is 1.53. The lowest BCUT2D eigenvalue weighted by Gasteiger charge is -2.15. The van der Waals surface area contributed by atoms with Gasteiger partial charge in [0.2, 0.25) is 5.91 Å². The van der Waals surface area contributed by atoms with Crippen LogP contribution in [0, 0.1) is 18.3 Å². The molecule has 0 spiro atoms. The minimum Gasteiger partial charge on any atom is -0.310 e. The van der Waals surface area contributed by atoms with E-state index in [2.05, 4.69) is 16.4 Å². The van der Waals surface area contributed by atoms with Gasteiger partial charge in [-0.2, -0.15) is 5.26 Å². The summed E-state index contributed by atoms with van der Waals surface area (Å²) < 4.78 is 0. The van der Waals surface area contributed by atoms with Crippen LogP contribution in [-0.4, -0.2) is 29.4 Å². The first kappa shape index (κ1) is 15.2. The number of aryl methyl sites for hydroxylation is 1.